The number of amides is 1. The van der Waals surface area contributed by atoms with E-state index in [4.69, 9.17) is 11.6 Å². The van der Waals surface area contributed by atoms with Crippen molar-refractivity contribution in [1.29, 1.82) is 0 Å². The van der Waals surface area contributed by atoms with Crippen molar-refractivity contribution in [1.82, 2.24) is 9.97 Å². The minimum absolute atomic E-state index is 0.187. The molecule has 110 valence electrons. The molecule has 2 rings (SSSR count). The van der Waals surface area contributed by atoms with Crippen LogP contribution in [0.4, 0.5) is 5.82 Å². The van der Waals surface area contributed by atoms with Gasteiger partial charge in [0, 0.05) is 27.3 Å². The van der Waals surface area contributed by atoms with Gasteiger partial charge in [0.05, 0.1) is 0 Å². The monoisotopic (exact) mass is 367 g/mol. The molecule has 0 saturated heterocycles. The fourth-order valence-corrected chi connectivity index (χ4v) is 2.22. The summed E-state index contributed by atoms with van der Waals surface area (Å²) >= 11 is 9.35. The highest BCUT2D eigenvalue weighted by Crippen LogP contribution is 2.24. The highest BCUT2D eigenvalue weighted by atomic mass is 79.9. The van der Waals surface area contributed by atoms with E-state index in [1.165, 1.54) is 0 Å². The summed E-state index contributed by atoms with van der Waals surface area (Å²) in [7, 11) is 0. The third-order valence-corrected chi connectivity index (χ3v) is 3.48. The standard InChI is InChI=1S/C15H15BrClN3O/c1-15(2,3)11-6-9(7-12(17)19-11)14(21)20-13-8-10(16)4-5-18-13/h4-8H,1-3H3,(H,18,20,21). The summed E-state index contributed by atoms with van der Waals surface area (Å²) in [5.41, 5.74) is 1.04. The van der Waals surface area contributed by atoms with Crippen LogP contribution < -0.4 is 5.32 Å². The van der Waals surface area contributed by atoms with Crippen LogP contribution in [-0.2, 0) is 5.41 Å². The van der Waals surface area contributed by atoms with E-state index >= 15 is 0 Å². The average Bonchev–Trinajstić information content (AvgIpc) is 2.37. The maximum atomic E-state index is 12.3. The molecule has 2 aromatic heterocycles. The number of hydrogen-bond acceptors (Lipinski definition) is 3. The molecule has 2 aromatic rings. The Hall–Kier alpha value is -1.46. The number of rotatable bonds is 2. The number of carbonyl (C=O) groups excluding carboxylic acids is 1. The molecule has 0 bridgehead atoms. The molecule has 2 heterocycles. The Labute approximate surface area is 137 Å². The first-order valence-corrected chi connectivity index (χ1v) is 7.54. The molecular weight excluding hydrogens is 354 g/mol. The van der Waals surface area contributed by atoms with Gasteiger partial charge in [-0.2, -0.15) is 0 Å². The van der Waals surface area contributed by atoms with Gasteiger partial charge in [-0.3, -0.25) is 4.79 Å². The summed E-state index contributed by atoms with van der Waals surface area (Å²) in [5, 5.41) is 3.04. The van der Waals surface area contributed by atoms with Crippen molar-refractivity contribution >= 4 is 39.3 Å². The summed E-state index contributed by atoms with van der Waals surface area (Å²) in [6.45, 7) is 6.05. The zero-order valence-corrected chi connectivity index (χ0v) is 14.3. The lowest BCUT2D eigenvalue weighted by atomic mass is 9.91. The number of anilines is 1. The number of pyridine rings is 2. The maximum Gasteiger partial charge on any atom is 0.256 e. The molecule has 0 aliphatic heterocycles. The van der Waals surface area contributed by atoms with E-state index in [2.05, 4.69) is 31.2 Å². The Balaban J connectivity index is 2.29. The van der Waals surface area contributed by atoms with E-state index in [1.807, 2.05) is 20.8 Å². The fourth-order valence-electron chi connectivity index (χ4n) is 1.67. The molecule has 0 saturated carbocycles. The van der Waals surface area contributed by atoms with Crippen LogP contribution in [0.5, 0.6) is 0 Å². The van der Waals surface area contributed by atoms with Gasteiger partial charge in [-0.05, 0) is 24.3 Å². The van der Waals surface area contributed by atoms with E-state index in [1.54, 1.807) is 30.5 Å². The smallest absolute Gasteiger partial charge is 0.256 e. The number of hydrogen-bond donors (Lipinski definition) is 1. The predicted octanol–water partition coefficient (Wildman–Crippen LogP) is 4.44. The first-order chi connectivity index (χ1) is 9.75. The number of aromatic nitrogens is 2. The highest BCUT2D eigenvalue weighted by molar-refractivity contribution is 9.10. The first kappa shape index (κ1) is 15.9. The van der Waals surface area contributed by atoms with E-state index in [0.29, 0.717) is 16.5 Å². The lowest BCUT2D eigenvalue weighted by Gasteiger charge is -2.18. The molecule has 21 heavy (non-hydrogen) atoms. The van der Waals surface area contributed by atoms with Gasteiger partial charge in [-0.15, -0.1) is 0 Å². The predicted molar refractivity (Wildman–Crippen MR) is 87.8 cm³/mol. The summed E-state index contributed by atoms with van der Waals surface area (Å²) < 4.78 is 0.843. The number of carbonyl (C=O) groups is 1. The van der Waals surface area contributed by atoms with Crippen molar-refractivity contribution in [2.24, 2.45) is 0 Å². The van der Waals surface area contributed by atoms with Crippen LogP contribution in [0.3, 0.4) is 0 Å². The van der Waals surface area contributed by atoms with Gasteiger partial charge < -0.3 is 5.32 Å². The minimum Gasteiger partial charge on any atom is -0.307 e. The SMILES string of the molecule is CC(C)(C)c1cc(C(=O)Nc2cc(Br)ccn2)cc(Cl)n1. The van der Waals surface area contributed by atoms with E-state index < -0.39 is 0 Å². The van der Waals surface area contributed by atoms with Crippen LogP contribution in [0.15, 0.2) is 34.9 Å². The van der Waals surface area contributed by atoms with Gasteiger partial charge in [0.25, 0.3) is 5.91 Å². The minimum atomic E-state index is -0.268. The van der Waals surface area contributed by atoms with Crippen LogP contribution in [0.2, 0.25) is 5.15 Å². The van der Waals surface area contributed by atoms with Crippen LogP contribution in [0.1, 0.15) is 36.8 Å². The Morgan fingerprint density at radius 2 is 2.00 bits per heavy atom. The zero-order valence-electron chi connectivity index (χ0n) is 11.9. The second-order valence-corrected chi connectivity index (χ2v) is 6.93. The number of nitrogens with zero attached hydrogens (tertiary/aromatic N) is 2. The summed E-state index contributed by atoms with van der Waals surface area (Å²) in [4.78, 5) is 20.7. The van der Waals surface area contributed by atoms with Crippen molar-refractivity contribution in [2.45, 2.75) is 26.2 Å². The van der Waals surface area contributed by atoms with Crippen molar-refractivity contribution in [3.63, 3.8) is 0 Å². The largest absolute Gasteiger partial charge is 0.307 e. The normalized spacial score (nSPS) is 11.3. The van der Waals surface area contributed by atoms with Gasteiger partial charge in [-0.1, -0.05) is 48.3 Å². The summed E-state index contributed by atoms with van der Waals surface area (Å²) in [5.74, 6) is 0.204. The molecule has 0 spiro atoms. The quantitative estimate of drug-likeness (QED) is 0.797. The van der Waals surface area contributed by atoms with Crippen LogP contribution in [-0.4, -0.2) is 15.9 Å². The molecule has 0 aliphatic rings. The van der Waals surface area contributed by atoms with Crippen molar-refractivity contribution in [2.75, 3.05) is 5.32 Å². The van der Waals surface area contributed by atoms with E-state index in [-0.39, 0.29) is 11.3 Å². The lowest BCUT2D eigenvalue weighted by molar-refractivity contribution is 0.102. The van der Waals surface area contributed by atoms with Crippen molar-refractivity contribution in [3.05, 3.63) is 51.3 Å². The second-order valence-electron chi connectivity index (χ2n) is 5.63. The number of nitrogens with one attached hydrogen (secondary N) is 1. The molecule has 0 atom stereocenters. The molecule has 0 aliphatic carbocycles. The average molecular weight is 369 g/mol. The topological polar surface area (TPSA) is 54.9 Å². The van der Waals surface area contributed by atoms with Crippen LogP contribution in [0, 0.1) is 0 Å². The molecule has 0 unspecified atom stereocenters. The third-order valence-electron chi connectivity index (χ3n) is 2.79. The molecule has 4 nitrogen and oxygen atoms in total. The van der Waals surface area contributed by atoms with Crippen molar-refractivity contribution in [3.8, 4) is 0 Å². The van der Waals surface area contributed by atoms with Crippen molar-refractivity contribution < 1.29 is 4.79 Å². The van der Waals surface area contributed by atoms with Gasteiger partial charge in [0.2, 0.25) is 0 Å². The Morgan fingerprint density at radius 1 is 1.29 bits per heavy atom. The molecule has 6 heteroatoms. The summed E-state index contributed by atoms with van der Waals surface area (Å²) in [6, 6.07) is 6.81. The first-order valence-electron chi connectivity index (χ1n) is 6.37. The summed E-state index contributed by atoms with van der Waals surface area (Å²) in [6.07, 6.45) is 1.61. The third kappa shape index (κ3) is 4.25. The highest BCUT2D eigenvalue weighted by Gasteiger charge is 2.19. The van der Waals surface area contributed by atoms with E-state index in [0.717, 1.165) is 10.2 Å². The van der Waals surface area contributed by atoms with Gasteiger partial charge >= 0.3 is 0 Å². The maximum absolute atomic E-state index is 12.3. The van der Waals surface area contributed by atoms with Gasteiger partial charge in [0.1, 0.15) is 11.0 Å². The Bertz CT molecular complexity index is 683. The van der Waals surface area contributed by atoms with Crippen LogP contribution >= 0.6 is 27.5 Å². The molecule has 1 amide bonds. The molecule has 0 aromatic carbocycles. The molecular formula is C15H15BrClN3O. The molecule has 0 fully saturated rings. The van der Waals surface area contributed by atoms with Gasteiger partial charge in [-0.25, -0.2) is 9.97 Å². The molecule has 0 radical (unpaired) electrons. The fraction of sp³-hybridized carbons (Fsp3) is 0.267. The van der Waals surface area contributed by atoms with Gasteiger partial charge in [0.15, 0.2) is 0 Å². The Kier molecular flexibility index (Phi) is 4.64. The van der Waals surface area contributed by atoms with Crippen LogP contribution in [0.25, 0.3) is 0 Å². The second kappa shape index (κ2) is 6.12. The Morgan fingerprint density at radius 3 is 2.62 bits per heavy atom. The van der Waals surface area contributed by atoms with E-state index in [9.17, 15) is 4.79 Å². The number of halogens is 2. The lowest BCUT2D eigenvalue weighted by Crippen LogP contribution is -2.18. The zero-order chi connectivity index (χ0) is 15.6. The molecule has 1 N–H and O–H groups in total.